The van der Waals surface area contributed by atoms with Crippen molar-refractivity contribution in [3.63, 3.8) is 0 Å². The van der Waals surface area contributed by atoms with E-state index in [0.717, 1.165) is 43.9 Å². The van der Waals surface area contributed by atoms with Gasteiger partial charge in [0.1, 0.15) is 4.88 Å². The van der Waals surface area contributed by atoms with Crippen LogP contribution in [0, 0.1) is 0 Å². The second-order valence-electron chi connectivity index (χ2n) is 3.63. The Morgan fingerprint density at radius 3 is 3.27 bits per heavy atom. The summed E-state index contributed by atoms with van der Waals surface area (Å²) < 4.78 is 3.67. The summed E-state index contributed by atoms with van der Waals surface area (Å²) in [4.78, 5) is 12.3. The van der Waals surface area contributed by atoms with Crippen molar-refractivity contribution in [2.24, 2.45) is 0 Å². The smallest absolute Gasteiger partial charge is 0.264 e. The van der Waals surface area contributed by atoms with E-state index in [4.69, 9.17) is 0 Å². The van der Waals surface area contributed by atoms with Gasteiger partial charge in [-0.05, 0) is 43.9 Å². The van der Waals surface area contributed by atoms with Crippen molar-refractivity contribution in [1.29, 1.82) is 0 Å². The zero-order chi connectivity index (χ0) is 10.5. The van der Waals surface area contributed by atoms with Crippen molar-refractivity contribution in [3.8, 4) is 0 Å². The number of hydrogen-bond acceptors (Lipinski definition) is 5. The molecule has 1 amide bonds. The van der Waals surface area contributed by atoms with Gasteiger partial charge >= 0.3 is 0 Å². The highest BCUT2D eigenvalue weighted by Gasteiger charge is 2.16. The van der Waals surface area contributed by atoms with Crippen LogP contribution in [0.4, 0.5) is 0 Å². The average molecular weight is 226 g/mol. The first-order chi connectivity index (χ1) is 7.36. The van der Waals surface area contributed by atoms with E-state index in [1.807, 2.05) is 0 Å². The molecule has 1 saturated heterocycles. The highest BCUT2D eigenvalue weighted by Crippen LogP contribution is 2.08. The summed E-state index contributed by atoms with van der Waals surface area (Å²) >= 11 is 1.14. The minimum atomic E-state index is -0.0445. The second kappa shape index (κ2) is 5.18. The molecule has 0 bridgehead atoms. The first-order valence-corrected chi connectivity index (χ1v) is 5.92. The average Bonchev–Trinajstić information content (AvgIpc) is 2.65. The molecule has 0 spiro atoms. The fourth-order valence-corrected chi connectivity index (χ4v) is 2.11. The van der Waals surface area contributed by atoms with Gasteiger partial charge < -0.3 is 10.6 Å². The third-order valence-electron chi connectivity index (χ3n) is 2.50. The quantitative estimate of drug-likeness (QED) is 0.766. The third kappa shape index (κ3) is 2.97. The molecule has 0 saturated carbocycles. The molecule has 0 aliphatic carbocycles. The molecule has 5 nitrogen and oxygen atoms in total. The van der Waals surface area contributed by atoms with Crippen LogP contribution in [0.1, 0.15) is 28.9 Å². The van der Waals surface area contributed by atoms with E-state index < -0.39 is 0 Å². The van der Waals surface area contributed by atoms with Crippen LogP contribution in [0.2, 0.25) is 0 Å². The van der Waals surface area contributed by atoms with Crippen LogP contribution >= 0.6 is 11.5 Å². The minimum absolute atomic E-state index is 0.0445. The Morgan fingerprint density at radius 2 is 2.47 bits per heavy atom. The zero-order valence-electron chi connectivity index (χ0n) is 8.40. The van der Waals surface area contributed by atoms with Gasteiger partial charge in [0.05, 0.1) is 6.20 Å². The third-order valence-corrected chi connectivity index (χ3v) is 3.16. The first kappa shape index (κ1) is 10.5. The number of rotatable bonds is 2. The Morgan fingerprint density at radius 1 is 1.53 bits per heavy atom. The van der Waals surface area contributed by atoms with E-state index >= 15 is 0 Å². The van der Waals surface area contributed by atoms with E-state index in [-0.39, 0.29) is 11.9 Å². The summed E-state index contributed by atoms with van der Waals surface area (Å²) in [6, 6.07) is 0.287. The van der Waals surface area contributed by atoms with Gasteiger partial charge in [0.15, 0.2) is 0 Å². The van der Waals surface area contributed by atoms with Crippen molar-refractivity contribution < 1.29 is 4.79 Å². The lowest BCUT2D eigenvalue weighted by Gasteiger charge is -2.14. The van der Waals surface area contributed by atoms with Gasteiger partial charge in [0.25, 0.3) is 5.91 Å². The maximum absolute atomic E-state index is 11.7. The van der Waals surface area contributed by atoms with Crippen molar-refractivity contribution in [1.82, 2.24) is 20.2 Å². The molecule has 2 heterocycles. The van der Waals surface area contributed by atoms with Gasteiger partial charge in [-0.2, -0.15) is 0 Å². The second-order valence-corrected chi connectivity index (χ2v) is 4.42. The van der Waals surface area contributed by atoms with E-state index in [1.54, 1.807) is 0 Å². The van der Waals surface area contributed by atoms with Crippen molar-refractivity contribution in [2.75, 3.05) is 13.1 Å². The summed E-state index contributed by atoms with van der Waals surface area (Å²) in [7, 11) is 0. The number of hydrogen-bond donors (Lipinski definition) is 2. The number of nitrogens with zero attached hydrogens (tertiary/aromatic N) is 2. The molecule has 82 valence electrons. The topological polar surface area (TPSA) is 66.9 Å². The lowest BCUT2D eigenvalue weighted by atomic mass is 10.1. The summed E-state index contributed by atoms with van der Waals surface area (Å²) in [5.41, 5.74) is 0. The van der Waals surface area contributed by atoms with Gasteiger partial charge in [-0.1, -0.05) is 4.49 Å². The van der Waals surface area contributed by atoms with Crippen molar-refractivity contribution in [3.05, 3.63) is 11.1 Å². The van der Waals surface area contributed by atoms with Crippen LogP contribution in [-0.4, -0.2) is 34.6 Å². The Kier molecular flexibility index (Phi) is 3.63. The normalized spacial score (nSPS) is 22.0. The molecule has 0 radical (unpaired) electrons. The van der Waals surface area contributed by atoms with Crippen molar-refractivity contribution >= 4 is 17.4 Å². The molecule has 0 aromatic carbocycles. The summed E-state index contributed by atoms with van der Waals surface area (Å²) in [6.07, 6.45) is 4.67. The Balaban J connectivity index is 1.87. The molecule has 1 aliphatic heterocycles. The van der Waals surface area contributed by atoms with Gasteiger partial charge in [0.2, 0.25) is 0 Å². The van der Waals surface area contributed by atoms with Crippen molar-refractivity contribution in [2.45, 2.75) is 25.3 Å². The molecule has 1 aliphatic rings. The molecule has 2 N–H and O–H groups in total. The number of carbonyl (C=O) groups is 1. The predicted octanol–water partition coefficient (Wildman–Crippen LogP) is 0.410. The molecule has 15 heavy (non-hydrogen) atoms. The fraction of sp³-hybridized carbons (Fsp3) is 0.667. The zero-order valence-corrected chi connectivity index (χ0v) is 9.22. The largest absolute Gasteiger partial charge is 0.348 e. The van der Waals surface area contributed by atoms with E-state index in [0.29, 0.717) is 4.88 Å². The van der Waals surface area contributed by atoms with Crippen LogP contribution in [0.5, 0.6) is 0 Å². The molecule has 1 atom stereocenters. The number of carbonyl (C=O) groups excluding carboxylic acids is 1. The van der Waals surface area contributed by atoms with E-state index in [2.05, 4.69) is 20.2 Å². The van der Waals surface area contributed by atoms with Gasteiger partial charge in [-0.25, -0.2) is 0 Å². The van der Waals surface area contributed by atoms with Gasteiger partial charge in [-0.15, -0.1) is 5.10 Å². The Bertz CT molecular complexity index is 306. The van der Waals surface area contributed by atoms with Gasteiger partial charge in [0, 0.05) is 6.04 Å². The molecular weight excluding hydrogens is 212 g/mol. The number of aromatic nitrogens is 2. The highest BCUT2D eigenvalue weighted by atomic mass is 32.1. The lowest BCUT2D eigenvalue weighted by molar-refractivity contribution is 0.0938. The monoisotopic (exact) mass is 226 g/mol. The Hall–Kier alpha value is -1.01. The lowest BCUT2D eigenvalue weighted by Crippen LogP contribution is -2.34. The molecule has 1 unspecified atom stereocenters. The van der Waals surface area contributed by atoms with Crippen LogP contribution in [0.15, 0.2) is 6.20 Å². The minimum Gasteiger partial charge on any atom is -0.348 e. The predicted molar refractivity (Wildman–Crippen MR) is 57.9 cm³/mol. The highest BCUT2D eigenvalue weighted by molar-refractivity contribution is 7.07. The Labute approximate surface area is 92.4 Å². The molecule has 6 heteroatoms. The molecule has 1 aromatic rings. The standard InChI is InChI=1S/C9H14N4OS/c14-9(8-6-11-13-15-8)12-7-2-1-4-10-5-3-7/h6-7,10H,1-5H2,(H,12,14). The number of amides is 1. The molecular formula is C9H14N4OS. The molecule has 2 rings (SSSR count). The van der Waals surface area contributed by atoms with Crippen LogP contribution in [0.25, 0.3) is 0 Å². The maximum Gasteiger partial charge on any atom is 0.264 e. The van der Waals surface area contributed by atoms with Gasteiger partial charge in [-0.3, -0.25) is 4.79 Å². The first-order valence-electron chi connectivity index (χ1n) is 5.15. The summed E-state index contributed by atoms with van der Waals surface area (Å²) in [5, 5.41) is 9.97. The molecule has 1 aromatic heterocycles. The van der Waals surface area contributed by atoms with Crippen LogP contribution < -0.4 is 10.6 Å². The van der Waals surface area contributed by atoms with E-state index in [1.165, 1.54) is 6.20 Å². The van der Waals surface area contributed by atoms with Crippen LogP contribution in [0.3, 0.4) is 0 Å². The summed E-state index contributed by atoms with van der Waals surface area (Å²) in [5.74, 6) is -0.0445. The summed E-state index contributed by atoms with van der Waals surface area (Å²) in [6.45, 7) is 2.03. The maximum atomic E-state index is 11.7. The van der Waals surface area contributed by atoms with Crippen LogP contribution in [-0.2, 0) is 0 Å². The number of nitrogens with one attached hydrogen (secondary N) is 2. The van der Waals surface area contributed by atoms with E-state index in [9.17, 15) is 4.79 Å². The molecule has 1 fully saturated rings. The fourth-order valence-electron chi connectivity index (χ4n) is 1.69. The SMILES string of the molecule is O=C(NC1CCCNCC1)c1cnns1.